The summed E-state index contributed by atoms with van der Waals surface area (Å²) in [5.41, 5.74) is 21.0. The van der Waals surface area contributed by atoms with Crippen LogP contribution in [-0.4, -0.2) is 129 Å². The minimum atomic E-state index is -1.17. The van der Waals surface area contributed by atoms with Crippen molar-refractivity contribution in [3.63, 3.8) is 0 Å². The van der Waals surface area contributed by atoms with Gasteiger partial charge in [-0.15, -0.1) is 0 Å². The molecular weight excluding hydrogens is 947 g/mol. The van der Waals surface area contributed by atoms with Crippen LogP contribution in [0.5, 0.6) is 11.5 Å². The van der Waals surface area contributed by atoms with Crippen molar-refractivity contribution in [3.05, 3.63) is 107 Å². The molecule has 0 atom stereocenters. The van der Waals surface area contributed by atoms with Crippen molar-refractivity contribution in [1.29, 1.82) is 0 Å². The van der Waals surface area contributed by atoms with E-state index in [2.05, 4.69) is 30.8 Å². The highest BCUT2D eigenvalue weighted by molar-refractivity contribution is 6.05. The van der Waals surface area contributed by atoms with Gasteiger partial charge in [-0.1, -0.05) is 18.2 Å². The molecule has 0 saturated heterocycles. The molecule has 0 saturated carbocycles. The number of nitrogens with one attached hydrogen (secondary N) is 2. The van der Waals surface area contributed by atoms with E-state index in [-0.39, 0.29) is 72.0 Å². The molecule has 0 radical (unpaired) electrons. The van der Waals surface area contributed by atoms with Gasteiger partial charge in [-0.25, -0.2) is 9.97 Å². The van der Waals surface area contributed by atoms with E-state index in [0.29, 0.717) is 52.4 Å². The molecule has 0 spiro atoms. The quantitative estimate of drug-likeness (QED) is 0.0319. The Morgan fingerprint density at radius 3 is 1.66 bits per heavy atom. The number of rotatable bonds is 25. The van der Waals surface area contributed by atoms with Crippen LogP contribution in [0.3, 0.4) is 0 Å². The van der Waals surface area contributed by atoms with Crippen molar-refractivity contribution in [3.8, 4) is 11.5 Å². The molecule has 384 valence electrons. The topological polar surface area (TPSA) is 350 Å². The smallest absolute Gasteiger partial charge is 0.305 e. The van der Waals surface area contributed by atoms with Crippen molar-refractivity contribution in [2.45, 2.75) is 72.8 Å². The molecule has 73 heavy (non-hydrogen) atoms. The predicted molar refractivity (Wildman–Crippen MR) is 270 cm³/mol. The van der Waals surface area contributed by atoms with E-state index in [9.17, 15) is 39.0 Å². The largest absolute Gasteiger partial charge is 0.494 e. The molecule has 0 aliphatic rings. The number of primary amides is 2. The maximum atomic E-state index is 13.9. The second kappa shape index (κ2) is 23.5. The van der Waals surface area contributed by atoms with Crippen LogP contribution < -0.4 is 37.3 Å². The number of hydrogen-bond acceptors (Lipinski definition) is 15. The summed E-state index contributed by atoms with van der Waals surface area (Å²) in [6.07, 6.45) is 8.63. The fourth-order valence-electron chi connectivity index (χ4n) is 7.89. The Bertz CT molecular complexity index is 3190. The fraction of sp³-hybridized carbons (Fsp3) is 0.312. The van der Waals surface area contributed by atoms with Gasteiger partial charge in [0, 0.05) is 62.8 Å². The lowest BCUT2D eigenvalue weighted by Crippen LogP contribution is -2.36. The summed E-state index contributed by atoms with van der Waals surface area (Å²) in [6, 6.07) is 8.35. The molecule has 0 bridgehead atoms. The van der Waals surface area contributed by atoms with Gasteiger partial charge in [-0.2, -0.15) is 10.2 Å². The summed E-state index contributed by atoms with van der Waals surface area (Å²) in [4.78, 5) is 90.5. The van der Waals surface area contributed by atoms with Crippen LogP contribution in [-0.2, 0) is 35.8 Å². The number of imidazole rings is 2. The number of fused-ring (bicyclic) bond motifs is 2. The summed E-state index contributed by atoms with van der Waals surface area (Å²) >= 11 is 0. The van der Waals surface area contributed by atoms with E-state index in [4.69, 9.17) is 31.7 Å². The highest BCUT2D eigenvalue weighted by Crippen LogP contribution is 2.33. The number of amides is 4. The number of hydrogen-bond donors (Lipinski definition) is 7. The molecule has 4 amide bonds. The van der Waals surface area contributed by atoms with Crippen LogP contribution in [0, 0.1) is 13.8 Å². The van der Waals surface area contributed by atoms with Crippen LogP contribution in [0.25, 0.3) is 22.1 Å². The lowest BCUT2D eigenvalue weighted by Gasteiger charge is -2.28. The van der Waals surface area contributed by atoms with Gasteiger partial charge in [0.1, 0.15) is 40.5 Å². The molecule has 4 aromatic heterocycles. The lowest BCUT2D eigenvalue weighted by molar-refractivity contribution is -0.140. The number of allylic oxidation sites excluding steroid dienone is 3. The Morgan fingerprint density at radius 1 is 0.740 bits per heavy atom. The highest BCUT2D eigenvalue weighted by atomic mass is 16.5. The van der Waals surface area contributed by atoms with E-state index in [0.717, 1.165) is 0 Å². The maximum absolute atomic E-state index is 13.9. The van der Waals surface area contributed by atoms with Gasteiger partial charge >= 0.3 is 11.9 Å². The lowest BCUT2D eigenvalue weighted by atomic mass is 10.1. The number of methoxy groups -OCH3 is 1. The molecule has 4 heterocycles. The third-order valence-electron chi connectivity index (χ3n) is 11.3. The molecule has 6 rings (SSSR count). The Kier molecular flexibility index (Phi) is 17.1. The second-order valence-electron chi connectivity index (χ2n) is 16.4. The summed E-state index contributed by atoms with van der Waals surface area (Å²) in [6.45, 7) is 8.36. The zero-order chi connectivity index (χ0) is 53.1. The maximum Gasteiger partial charge on any atom is 0.305 e. The van der Waals surface area contributed by atoms with Crippen molar-refractivity contribution in [2.24, 2.45) is 22.2 Å². The molecule has 2 aromatic carbocycles. The number of ether oxygens (including phenoxy) is 2. The first-order valence-corrected chi connectivity index (χ1v) is 22.8. The molecular formula is C48H57N15O10. The molecule has 0 aliphatic carbocycles. The predicted octanol–water partition coefficient (Wildman–Crippen LogP) is 3.46. The van der Waals surface area contributed by atoms with Gasteiger partial charge in [0.15, 0.2) is 0 Å². The first-order chi connectivity index (χ1) is 34.9. The number of benzene rings is 2. The first kappa shape index (κ1) is 53.1. The Morgan fingerprint density at radius 2 is 1.22 bits per heavy atom. The number of aliphatic imine (C=N–C) groups is 1. The molecule has 25 heteroatoms. The first-order valence-electron chi connectivity index (χ1n) is 22.8. The van der Waals surface area contributed by atoms with Crippen molar-refractivity contribution < 1.29 is 48.5 Å². The fourth-order valence-corrected chi connectivity index (χ4v) is 7.89. The zero-order valence-corrected chi connectivity index (χ0v) is 41.0. The molecule has 0 aliphatic heterocycles. The van der Waals surface area contributed by atoms with Crippen molar-refractivity contribution in [2.75, 3.05) is 37.9 Å². The van der Waals surface area contributed by atoms with Crippen LogP contribution in [0.2, 0.25) is 0 Å². The van der Waals surface area contributed by atoms with Crippen LogP contribution >= 0.6 is 0 Å². The minimum Gasteiger partial charge on any atom is -0.494 e. The number of carboxylic acids is 2. The SMILES string of the molecule is CCn1nc(C)cc1C(=O)Nc1nc2cc(C(N)=O)cc(OC)c2n1C/C=C/Cn1c(NC(=O)c2cc(C)nn2CC)nc2cc(C(N)=O)cc(OC/C=C/CN=C/C(=C\N)N(C)C(CC(=O)O)CC(=O)O)c21. The summed E-state index contributed by atoms with van der Waals surface area (Å²) < 4.78 is 18.4. The van der Waals surface area contributed by atoms with Gasteiger partial charge < -0.3 is 50.9 Å². The third-order valence-corrected chi connectivity index (χ3v) is 11.3. The number of nitrogens with zero attached hydrogens (tertiary/aromatic N) is 10. The molecule has 0 unspecified atom stereocenters. The van der Waals surface area contributed by atoms with Gasteiger partial charge in [0.05, 0.1) is 54.6 Å². The van der Waals surface area contributed by atoms with Crippen LogP contribution in [0.4, 0.5) is 11.9 Å². The summed E-state index contributed by atoms with van der Waals surface area (Å²) in [5, 5.41) is 33.2. The molecule has 6 aromatic rings. The number of aryl methyl sites for hydroxylation is 4. The highest BCUT2D eigenvalue weighted by Gasteiger charge is 2.25. The number of carbonyl (C=O) groups excluding carboxylic acids is 4. The number of carboxylic acid groups (broad SMARTS) is 2. The van der Waals surface area contributed by atoms with Crippen molar-refractivity contribution in [1.82, 2.24) is 43.6 Å². The number of nitrogens with two attached hydrogens (primary N) is 3. The number of aliphatic carboxylic acids is 2. The second-order valence-corrected chi connectivity index (χ2v) is 16.4. The normalized spacial score (nSPS) is 12.0. The molecule has 0 fully saturated rings. The zero-order valence-electron chi connectivity index (χ0n) is 41.0. The Labute approximate surface area is 417 Å². The summed E-state index contributed by atoms with van der Waals surface area (Å²) in [5.74, 6) is -4.10. The van der Waals surface area contributed by atoms with E-state index in [1.165, 1.54) is 55.7 Å². The van der Waals surface area contributed by atoms with Gasteiger partial charge in [-0.3, -0.25) is 53.8 Å². The Hall–Kier alpha value is -9.29. The van der Waals surface area contributed by atoms with E-state index >= 15 is 0 Å². The van der Waals surface area contributed by atoms with Crippen molar-refractivity contribution >= 4 is 75.7 Å². The number of anilines is 2. The minimum absolute atomic E-state index is 0.0383. The van der Waals surface area contributed by atoms with Gasteiger partial charge in [0.2, 0.25) is 23.7 Å². The van der Waals surface area contributed by atoms with Gasteiger partial charge in [0.25, 0.3) is 11.8 Å². The van der Waals surface area contributed by atoms with Crippen LogP contribution in [0.1, 0.15) is 79.8 Å². The molecule has 25 nitrogen and oxygen atoms in total. The number of carbonyl (C=O) groups is 6. The van der Waals surface area contributed by atoms with E-state index in [1.54, 1.807) is 68.8 Å². The van der Waals surface area contributed by atoms with Crippen LogP contribution in [0.15, 0.2) is 77.6 Å². The average Bonchev–Trinajstić information content (AvgIpc) is 4.11. The van der Waals surface area contributed by atoms with Gasteiger partial charge in [-0.05, 0) is 70.2 Å². The standard InChI is InChI=1S/C48H57N15O10/c1-7-62-35(17-27(3)57-62)45(70)55-47-53-33-19-29(43(50)68)21-37(72-6)41(33)60(47)14-10-11-15-61-42-34(54-48(61)56-46(71)36-18-28(4)58-63(36)8-2)20-30(44(51)69)22-38(42)73-16-12-9-13-52-26-32(25-49)59(5)31(23-39(64)65)24-40(66)67/h9-12,17-22,25-26,31H,7-8,13-16,23-24,49H2,1-6H3,(H2,50,68)(H2,51,69)(H,64,65)(H,66,67)(H,53,55,70)(H,54,56,71)/b11-10+,12-9+,32-25+,52-26?. The summed E-state index contributed by atoms with van der Waals surface area (Å²) in [7, 11) is 2.96. The van der Waals surface area contributed by atoms with E-state index < -0.39 is 54.5 Å². The Balaban J connectivity index is 1.33. The monoisotopic (exact) mass is 1000 g/mol. The van der Waals surface area contributed by atoms with E-state index in [1.807, 2.05) is 13.8 Å². The number of aromatic nitrogens is 8. The average molecular weight is 1000 g/mol. The third kappa shape index (κ3) is 12.5. The molecule has 10 N–H and O–H groups in total.